The van der Waals surface area contributed by atoms with Gasteiger partial charge in [-0.2, -0.15) is 13.2 Å². The number of halogens is 4. The fourth-order valence-corrected chi connectivity index (χ4v) is 5.93. The van der Waals surface area contributed by atoms with Crippen LogP contribution in [0.1, 0.15) is 72.1 Å². The van der Waals surface area contributed by atoms with Gasteiger partial charge in [-0.3, -0.25) is 19.2 Å². The Morgan fingerprint density at radius 3 is 1.69 bits per heavy atom. The van der Waals surface area contributed by atoms with Crippen LogP contribution in [0.3, 0.4) is 0 Å². The molecule has 12 nitrogen and oxygen atoms in total. The van der Waals surface area contributed by atoms with Gasteiger partial charge >= 0.3 is 42.0 Å². The highest BCUT2D eigenvalue weighted by Gasteiger charge is 2.38. The van der Waals surface area contributed by atoms with E-state index in [0.29, 0.717) is 24.0 Å². The largest absolute Gasteiger partial charge is 0.466 e. The van der Waals surface area contributed by atoms with Crippen LogP contribution in [-0.2, 0) is 47.7 Å². The number of rotatable bonds is 22. The van der Waals surface area contributed by atoms with E-state index in [1.54, 1.807) is 44.2 Å². The topological polar surface area (TPSA) is 158 Å². The summed E-state index contributed by atoms with van der Waals surface area (Å²) < 4.78 is 83.6. The SMILES string of the molecule is C=C(C)C(=O)OCCCC(C)OC(=O)CCC(=O)Oc1ccc(-c2ccc(-c3ccc4cc(OC(=O)CCC(=O)OCCCC(C)OC(=O)C(=C)C(F)(F)F)ccc4c3)cc2)c(F)c1. The van der Waals surface area contributed by atoms with Crippen molar-refractivity contribution < 1.29 is 74.8 Å². The van der Waals surface area contributed by atoms with Crippen molar-refractivity contribution in [2.75, 3.05) is 13.2 Å². The lowest BCUT2D eigenvalue weighted by Gasteiger charge is -2.15. The summed E-state index contributed by atoms with van der Waals surface area (Å²) in [6.07, 6.45) is -5.96. The number of alkyl halides is 3. The highest BCUT2D eigenvalue weighted by atomic mass is 19.4. The van der Waals surface area contributed by atoms with Gasteiger partial charge in [0.25, 0.3) is 0 Å². The van der Waals surface area contributed by atoms with Crippen molar-refractivity contribution in [2.45, 2.75) is 90.5 Å². The third kappa shape index (κ3) is 16.1. The zero-order valence-corrected chi connectivity index (χ0v) is 35.6. The fourth-order valence-electron chi connectivity index (χ4n) is 5.93. The summed E-state index contributed by atoms with van der Waals surface area (Å²) in [6, 6.07) is 21.9. The first-order valence-electron chi connectivity index (χ1n) is 20.3. The average Bonchev–Trinajstić information content (AvgIpc) is 3.24. The molecule has 16 heteroatoms. The monoisotopic (exact) mass is 892 g/mol. The van der Waals surface area contributed by atoms with Crippen molar-refractivity contribution in [1.82, 2.24) is 0 Å². The molecule has 4 rings (SSSR count). The van der Waals surface area contributed by atoms with Gasteiger partial charge in [0.05, 0.1) is 51.1 Å². The van der Waals surface area contributed by atoms with E-state index in [9.17, 15) is 41.9 Å². The molecule has 2 unspecified atom stereocenters. The van der Waals surface area contributed by atoms with E-state index in [0.717, 1.165) is 28.0 Å². The molecule has 2 atom stereocenters. The number of carbonyl (C=O) groups is 6. The van der Waals surface area contributed by atoms with Crippen LogP contribution in [-0.4, -0.2) is 67.4 Å². The molecule has 0 heterocycles. The molecule has 340 valence electrons. The van der Waals surface area contributed by atoms with E-state index < -0.39 is 65.6 Å². The van der Waals surface area contributed by atoms with Gasteiger partial charge in [-0.1, -0.05) is 55.6 Å². The quantitative estimate of drug-likeness (QED) is 0.0184. The Balaban J connectivity index is 1.19. The smallest absolute Gasteiger partial charge is 0.422 e. The lowest BCUT2D eigenvalue weighted by atomic mass is 9.98. The molecule has 0 saturated carbocycles. The summed E-state index contributed by atoms with van der Waals surface area (Å²) >= 11 is 0. The minimum absolute atomic E-state index is 0.0190. The van der Waals surface area contributed by atoms with E-state index in [4.69, 9.17) is 28.4 Å². The number of hydrogen-bond acceptors (Lipinski definition) is 12. The minimum atomic E-state index is -4.89. The fraction of sp³-hybridized carbons (Fsp3) is 0.333. The second-order valence-electron chi connectivity index (χ2n) is 14.8. The Labute approximate surface area is 367 Å². The van der Waals surface area contributed by atoms with Crippen LogP contribution in [0.25, 0.3) is 33.0 Å². The summed E-state index contributed by atoms with van der Waals surface area (Å²) in [6.45, 7) is 10.9. The molecule has 0 spiro atoms. The summed E-state index contributed by atoms with van der Waals surface area (Å²) in [5.41, 5.74) is 1.26. The summed E-state index contributed by atoms with van der Waals surface area (Å²) in [7, 11) is 0. The maximum atomic E-state index is 15.2. The van der Waals surface area contributed by atoms with E-state index in [1.807, 2.05) is 30.3 Å². The Morgan fingerprint density at radius 2 is 1.08 bits per heavy atom. The molecule has 0 aliphatic carbocycles. The first-order valence-corrected chi connectivity index (χ1v) is 20.3. The van der Waals surface area contributed by atoms with Crippen molar-refractivity contribution in [2.24, 2.45) is 0 Å². The molecule has 0 radical (unpaired) electrons. The lowest BCUT2D eigenvalue weighted by Crippen LogP contribution is -2.24. The van der Waals surface area contributed by atoms with Crippen LogP contribution >= 0.6 is 0 Å². The molecule has 64 heavy (non-hydrogen) atoms. The molecular formula is C48H48F4O12. The van der Waals surface area contributed by atoms with Crippen molar-refractivity contribution in [3.8, 4) is 33.8 Å². The maximum Gasteiger partial charge on any atom is 0.422 e. The molecule has 0 N–H and O–H groups in total. The predicted octanol–water partition coefficient (Wildman–Crippen LogP) is 9.89. The van der Waals surface area contributed by atoms with Crippen LogP contribution in [0, 0.1) is 5.82 Å². The number of carbonyl (C=O) groups excluding carboxylic acids is 6. The number of fused-ring (bicyclic) bond motifs is 1. The molecule has 0 saturated heterocycles. The van der Waals surface area contributed by atoms with Gasteiger partial charge in [0.1, 0.15) is 22.9 Å². The Hall–Kier alpha value is -6.84. The van der Waals surface area contributed by atoms with Gasteiger partial charge in [0, 0.05) is 17.2 Å². The second-order valence-corrected chi connectivity index (χ2v) is 14.8. The highest BCUT2D eigenvalue weighted by molar-refractivity contribution is 5.90. The Kier molecular flexibility index (Phi) is 18.3. The zero-order valence-electron chi connectivity index (χ0n) is 35.6. The maximum absolute atomic E-state index is 15.2. The average molecular weight is 893 g/mol. The standard InChI is InChI=1S/C48H48F4O12/c1-29(2)46(57)60-25-7-8-30(3)61-43(54)22-23-45(56)64-39-18-19-40(41(49)28-39)34-12-10-33(11-13-34)35-14-15-37-27-38(17-16-36(37)26-35)63-44(55)21-20-42(53)59-24-6-9-31(4)62-47(58)32(5)48(50,51)52/h10-19,26-28,30-31H,1,5-9,20-25H2,2-4H3. The van der Waals surface area contributed by atoms with Gasteiger partial charge in [0.2, 0.25) is 0 Å². The summed E-state index contributed by atoms with van der Waals surface area (Å²) in [4.78, 5) is 72.0. The Bertz CT molecular complexity index is 2350. The minimum Gasteiger partial charge on any atom is -0.466 e. The molecule has 4 aromatic carbocycles. The number of ether oxygens (including phenoxy) is 6. The summed E-state index contributed by atoms with van der Waals surface area (Å²) in [5, 5.41) is 1.62. The van der Waals surface area contributed by atoms with Crippen LogP contribution in [0.2, 0.25) is 0 Å². The molecule has 0 fully saturated rings. The van der Waals surface area contributed by atoms with Gasteiger partial charge < -0.3 is 28.4 Å². The van der Waals surface area contributed by atoms with E-state index in [1.165, 1.54) is 19.1 Å². The predicted molar refractivity (Wildman–Crippen MR) is 226 cm³/mol. The van der Waals surface area contributed by atoms with Gasteiger partial charge in [-0.05, 0) is 104 Å². The Morgan fingerprint density at radius 1 is 0.578 bits per heavy atom. The van der Waals surface area contributed by atoms with Crippen LogP contribution in [0.5, 0.6) is 11.5 Å². The first-order chi connectivity index (χ1) is 30.3. The van der Waals surface area contributed by atoms with Gasteiger partial charge in [-0.15, -0.1) is 0 Å². The highest BCUT2D eigenvalue weighted by Crippen LogP contribution is 2.32. The van der Waals surface area contributed by atoms with E-state index in [2.05, 4.69) is 13.2 Å². The number of hydrogen-bond donors (Lipinski definition) is 0. The van der Waals surface area contributed by atoms with Gasteiger partial charge in [-0.25, -0.2) is 14.0 Å². The van der Waals surface area contributed by atoms with Crippen molar-refractivity contribution >= 4 is 46.6 Å². The third-order valence-corrected chi connectivity index (χ3v) is 9.40. The normalized spacial score (nSPS) is 12.0. The van der Waals surface area contributed by atoms with Crippen LogP contribution < -0.4 is 9.47 Å². The zero-order chi connectivity index (χ0) is 47.0. The van der Waals surface area contributed by atoms with Crippen molar-refractivity contribution in [3.05, 3.63) is 109 Å². The molecular weight excluding hydrogens is 845 g/mol. The molecule has 0 amide bonds. The molecule has 0 bridgehead atoms. The number of esters is 6. The van der Waals surface area contributed by atoms with E-state index in [-0.39, 0.29) is 68.8 Å². The molecule has 0 aromatic heterocycles. The molecule has 0 aliphatic rings. The second kappa shape index (κ2) is 23.6. The lowest BCUT2D eigenvalue weighted by molar-refractivity contribution is -0.155. The molecule has 0 aliphatic heterocycles. The van der Waals surface area contributed by atoms with Gasteiger partial charge in [0.15, 0.2) is 0 Å². The summed E-state index contributed by atoms with van der Waals surface area (Å²) in [5.74, 6) is -5.10. The van der Waals surface area contributed by atoms with Crippen LogP contribution in [0.15, 0.2) is 103 Å². The van der Waals surface area contributed by atoms with Crippen LogP contribution in [0.4, 0.5) is 17.6 Å². The van der Waals surface area contributed by atoms with Crippen molar-refractivity contribution in [1.29, 1.82) is 0 Å². The molecule has 4 aromatic rings. The van der Waals surface area contributed by atoms with Crippen molar-refractivity contribution in [3.63, 3.8) is 0 Å². The third-order valence-electron chi connectivity index (χ3n) is 9.40. The first kappa shape index (κ1) is 49.8. The van der Waals surface area contributed by atoms with E-state index >= 15 is 4.39 Å². The number of benzene rings is 4.